The molecule has 10 heteroatoms. The Balaban J connectivity index is 0.000000161. The van der Waals surface area contributed by atoms with E-state index >= 15 is 0 Å². The summed E-state index contributed by atoms with van der Waals surface area (Å²) in [6.07, 6.45) is 4.63. The van der Waals surface area contributed by atoms with Gasteiger partial charge in [0.2, 0.25) is 0 Å². The summed E-state index contributed by atoms with van der Waals surface area (Å²) in [6.45, 7) is 4.44. The lowest BCUT2D eigenvalue weighted by Gasteiger charge is -2.33. The topological polar surface area (TPSA) is 84.3 Å². The number of aliphatic carboxylic acids is 2. The molecule has 0 radical (unpaired) electrons. The molecule has 0 unspecified atom stereocenters. The van der Waals surface area contributed by atoms with Crippen LogP contribution in [0.25, 0.3) is 5.57 Å². The lowest BCUT2D eigenvalue weighted by atomic mass is 9.88. The van der Waals surface area contributed by atoms with Crippen LogP contribution in [-0.4, -0.2) is 79.3 Å². The summed E-state index contributed by atoms with van der Waals surface area (Å²) in [4.78, 5) is 31.6. The SMILES string of the molecule is CN(C)CCCN1c2ccccc2Sc2ccc(Cl)cc21.CN1CCC(=C2c3ccccc3Sc3ccccc32)CC1.O=C(O)C=CC(=O)O. The number of hydrogen-bond donors (Lipinski definition) is 2. The summed E-state index contributed by atoms with van der Waals surface area (Å²) in [6, 6.07) is 32.5. The molecule has 3 aliphatic heterocycles. The maximum atomic E-state index is 9.55. The molecule has 0 aliphatic carbocycles. The van der Waals surface area contributed by atoms with Crippen molar-refractivity contribution in [2.75, 3.05) is 52.2 Å². The standard InChI is InChI=1S/C19H19NS.C17H19ClN2S.C4H4O4/c1-20-12-10-14(11-13-20)19-15-6-2-4-8-17(15)21-18-9-5-3-7-16(18)19;1-19(2)10-5-11-20-14-6-3-4-7-16(14)21-17-9-8-13(18)12-15(17)20;5-3(6)1-2-4(7)8/h2-9H,10-13H2,1H3;3-4,6-9,12H,5,10-11H2,1-2H3;1-2H,(H,5,6)(H,7,8). The van der Waals surface area contributed by atoms with Crippen LogP contribution in [0.15, 0.2) is 128 Å². The van der Waals surface area contributed by atoms with Crippen LogP contribution in [0.3, 0.4) is 0 Å². The van der Waals surface area contributed by atoms with Gasteiger partial charge in [-0.25, -0.2) is 9.59 Å². The van der Waals surface area contributed by atoms with Gasteiger partial charge in [-0.05, 0) is 106 Å². The van der Waals surface area contributed by atoms with Gasteiger partial charge in [0.15, 0.2) is 0 Å². The molecule has 4 aromatic carbocycles. The Morgan fingerprint density at radius 2 is 1.28 bits per heavy atom. The molecule has 0 amide bonds. The molecule has 0 saturated carbocycles. The van der Waals surface area contributed by atoms with Gasteiger partial charge in [-0.3, -0.25) is 0 Å². The third-order valence-electron chi connectivity index (χ3n) is 8.42. The molecule has 7 nitrogen and oxygen atoms in total. The van der Waals surface area contributed by atoms with E-state index in [1.54, 1.807) is 5.57 Å². The number of fused-ring (bicyclic) bond motifs is 4. The van der Waals surface area contributed by atoms with Crippen molar-refractivity contribution < 1.29 is 19.8 Å². The largest absolute Gasteiger partial charge is 0.478 e. The van der Waals surface area contributed by atoms with E-state index in [1.165, 1.54) is 73.6 Å². The number of nitrogens with zero attached hydrogens (tertiary/aromatic N) is 3. The summed E-state index contributed by atoms with van der Waals surface area (Å²) in [7, 11) is 6.45. The van der Waals surface area contributed by atoms with Crippen LogP contribution in [0.2, 0.25) is 5.02 Å². The van der Waals surface area contributed by atoms with Crippen LogP contribution in [0.4, 0.5) is 11.4 Å². The first-order chi connectivity index (χ1) is 24.1. The summed E-state index contributed by atoms with van der Waals surface area (Å²) in [5, 5.41) is 16.4. The van der Waals surface area contributed by atoms with Gasteiger partial charge in [0.05, 0.1) is 11.4 Å². The first kappa shape index (κ1) is 37.3. The van der Waals surface area contributed by atoms with Gasteiger partial charge in [0.25, 0.3) is 0 Å². The van der Waals surface area contributed by atoms with Crippen molar-refractivity contribution in [2.24, 2.45) is 0 Å². The van der Waals surface area contributed by atoms with E-state index in [-0.39, 0.29) is 0 Å². The molecular formula is C40H42ClN3O4S2. The van der Waals surface area contributed by atoms with Crippen LogP contribution in [0.1, 0.15) is 30.4 Å². The number of halogens is 1. The van der Waals surface area contributed by atoms with Crippen LogP contribution < -0.4 is 4.90 Å². The molecule has 7 rings (SSSR count). The number of anilines is 2. The van der Waals surface area contributed by atoms with Gasteiger partial charge in [-0.2, -0.15) is 0 Å². The summed E-state index contributed by atoms with van der Waals surface area (Å²) in [5.41, 5.74) is 8.52. The maximum Gasteiger partial charge on any atom is 0.328 e. The maximum absolute atomic E-state index is 9.55. The highest BCUT2D eigenvalue weighted by Crippen LogP contribution is 2.49. The first-order valence-corrected chi connectivity index (χ1v) is 18.5. The molecule has 1 saturated heterocycles. The fraction of sp³-hybridized carbons (Fsp3) is 0.250. The minimum absolute atomic E-state index is 0.558. The highest BCUT2D eigenvalue weighted by atomic mass is 35.5. The number of carboxylic acid groups (broad SMARTS) is 2. The van der Waals surface area contributed by atoms with E-state index in [2.05, 4.69) is 121 Å². The minimum Gasteiger partial charge on any atom is -0.478 e. The molecule has 3 heterocycles. The van der Waals surface area contributed by atoms with Crippen molar-refractivity contribution >= 4 is 64.0 Å². The number of piperidine rings is 1. The number of para-hydroxylation sites is 1. The Kier molecular flexibility index (Phi) is 13.3. The Labute approximate surface area is 308 Å². The highest BCUT2D eigenvalue weighted by molar-refractivity contribution is 8.00. The molecule has 260 valence electrons. The predicted octanol–water partition coefficient (Wildman–Crippen LogP) is 9.28. The number of hydrogen-bond acceptors (Lipinski definition) is 7. The lowest BCUT2D eigenvalue weighted by Crippen LogP contribution is -2.27. The molecule has 0 aromatic heterocycles. The molecule has 50 heavy (non-hydrogen) atoms. The molecule has 0 spiro atoms. The second-order valence-electron chi connectivity index (χ2n) is 12.4. The minimum atomic E-state index is -1.26. The molecule has 0 atom stereocenters. The Bertz CT molecular complexity index is 1820. The number of benzene rings is 4. The first-order valence-electron chi connectivity index (χ1n) is 16.5. The van der Waals surface area contributed by atoms with E-state index < -0.39 is 11.9 Å². The van der Waals surface area contributed by atoms with Crippen LogP contribution in [0.5, 0.6) is 0 Å². The van der Waals surface area contributed by atoms with Gasteiger partial charge in [0.1, 0.15) is 0 Å². The van der Waals surface area contributed by atoms with Crippen molar-refractivity contribution in [1.82, 2.24) is 9.80 Å². The molecule has 4 aromatic rings. The summed E-state index contributed by atoms with van der Waals surface area (Å²) < 4.78 is 0. The molecule has 1 fully saturated rings. The van der Waals surface area contributed by atoms with Gasteiger partial charge >= 0.3 is 11.9 Å². The normalized spacial score (nSPS) is 14.8. The molecular weight excluding hydrogens is 686 g/mol. The average molecular weight is 728 g/mol. The fourth-order valence-electron chi connectivity index (χ4n) is 6.04. The second kappa shape index (κ2) is 17.8. The van der Waals surface area contributed by atoms with Crippen molar-refractivity contribution in [1.29, 1.82) is 0 Å². The lowest BCUT2D eigenvalue weighted by molar-refractivity contribution is -0.134. The zero-order valence-electron chi connectivity index (χ0n) is 28.5. The number of carbonyl (C=O) groups is 2. The summed E-state index contributed by atoms with van der Waals surface area (Å²) >= 11 is 9.94. The zero-order chi connectivity index (χ0) is 35.6. The van der Waals surface area contributed by atoms with Crippen molar-refractivity contribution in [2.45, 2.75) is 38.8 Å². The van der Waals surface area contributed by atoms with Crippen molar-refractivity contribution in [3.8, 4) is 0 Å². The Hall–Kier alpha value is -3.99. The Morgan fingerprint density at radius 3 is 1.86 bits per heavy atom. The van der Waals surface area contributed by atoms with E-state index in [0.29, 0.717) is 12.2 Å². The molecule has 2 N–H and O–H groups in total. The van der Waals surface area contributed by atoms with Gasteiger partial charge in [-0.15, -0.1) is 0 Å². The van der Waals surface area contributed by atoms with Gasteiger partial charge < -0.3 is 24.9 Å². The second-order valence-corrected chi connectivity index (χ2v) is 15.0. The average Bonchev–Trinajstić information content (AvgIpc) is 3.10. The van der Waals surface area contributed by atoms with E-state index in [1.807, 2.05) is 29.6 Å². The fourth-order valence-corrected chi connectivity index (χ4v) is 8.37. The van der Waals surface area contributed by atoms with Gasteiger partial charge in [-0.1, -0.05) is 89.2 Å². The smallest absolute Gasteiger partial charge is 0.328 e. The van der Waals surface area contributed by atoms with E-state index in [9.17, 15) is 9.59 Å². The van der Waals surface area contributed by atoms with Crippen molar-refractivity contribution in [3.05, 3.63) is 125 Å². The number of likely N-dealkylation sites (tertiary alicyclic amines) is 1. The van der Waals surface area contributed by atoms with Crippen LogP contribution in [-0.2, 0) is 9.59 Å². The quantitative estimate of drug-likeness (QED) is 0.166. The van der Waals surface area contributed by atoms with Crippen LogP contribution in [0, 0.1) is 0 Å². The summed E-state index contributed by atoms with van der Waals surface area (Å²) in [5.74, 6) is -2.51. The van der Waals surface area contributed by atoms with Gasteiger partial charge in [0, 0.05) is 56.4 Å². The number of rotatable bonds is 6. The number of carboxylic acids is 2. The predicted molar refractivity (Wildman–Crippen MR) is 206 cm³/mol. The molecule has 3 aliphatic rings. The third kappa shape index (κ3) is 9.83. The Morgan fingerprint density at radius 1 is 0.760 bits per heavy atom. The third-order valence-corrected chi connectivity index (χ3v) is 10.9. The zero-order valence-corrected chi connectivity index (χ0v) is 30.9. The highest BCUT2D eigenvalue weighted by Gasteiger charge is 2.25. The van der Waals surface area contributed by atoms with E-state index in [4.69, 9.17) is 21.8 Å². The molecule has 0 bridgehead atoms. The van der Waals surface area contributed by atoms with E-state index in [0.717, 1.165) is 24.5 Å². The van der Waals surface area contributed by atoms with Crippen LogP contribution >= 0.6 is 35.1 Å². The van der Waals surface area contributed by atoms with Crippen molar-refractivity contribution in [3.63, 3.8) is 0 Å². The monoisotopic (exact) mass is 727 g/mol.